The summed E-state index contributed by atoms with van der Waals surface area (Å²) in [5.74, 6) is 1.23. The highest BCUT2D eigenvalue weighted by molar-refractivity contribution is 5.82. The van der Waals surface area contributed by atoms with Crippen molar-refractivity contribution in [1.82, 2.24) is 30.6 Å². The van der Waals surface area contributed by atoms with Gasteiger partial charge in [-0.3, -0.25) is 4.79 Å². The highest BCUT2D eigenvalue weighted by atomic mass is 16.1. The van der Waals surface area contributed by atoms with Crippen LogP contribution in [-0.2, 0) is 6.42 Å². The van der Waals surface area contributed by atoms with Crippen LogP contribution in [0.3, 0.4) is 0 Å². The van der Waals surface area contributed by atoms with Crippen LogP contribution in [0.25, 0.3) is 22.3 Å². The van der Waals surface area contributed by atoms with Crippen LogP contribution in [0.1, 0.15) is 57.7 Å². The number of hydrogen-bond donors (Lipinski definition) is 2. The van der Waals surface area contributed by atoms with Gasteiger partial charge in [-0.2, -0.15) is 5.21 Å². The molecule has 3 aromatic rings. The molecule has 132 valence electrons. The molecule has 2 aromatic heterocycles. The zero-order chi connectivity index (χ0) is 17.5. The predicted octanol–water partition coefficient (Wildman–Crippen LogP) is 3.40. The van der Waals surface area contributed by atoms with Gasteiger partial charge in [-0.25, -0.2) is 4.98 Å². The average molecular weight is 340 g/mol. The lowest BCUT2D eigenvalue weighted by molar-refractivity contribution is 0.584. The van der Waals surface area contributed by atoms with Gasteiger partial charge in [0, 0.05) is 12.0 Å². The number of benzene rings is 1. The van der Waals surface area contributed by atoms with Gasteiger partial charge in [0.15, 0.2) is 0 Å². The van der Waals surface area contributed by atoms with E-state index in [-0.39, 0.29) is 5.56 Å². The third-order valence-corrected chi connectivity index (χ3v) is 4.38. The molecule has 0 fully saturated rings. The Morgan fingerprint density at radius 3 is 2.60 bits per heavy atom. The number of tetrazole rings is 1. The van der Waals surface area contributed by atoms with Crippen LogP contribution in [-0.4, -0.2) is 30.6 Å². The first-order valence-corrected chi connectivity index (χ1v) is 9.04. The van der Waals surface area contributed by atoms with E-state index in [1.165, 1.54) is 38.5 Å². The van der Waals surface area contributed by atoms with E-state index < -0.39 is 0 Å². The molecule has 3 rings (SSSR count). The minimum absolute atomic E-state index is 0.117. The molecular formula is C18H24N6O. The van der Waals surface area contributed by atoms with Gasteiger partial charge < -0.3 is 4.98 Å². The highest BCUT2D eigenvalue weighted by Crippen LogP contribution is 2.18. The molecule has 0 atom stereocenters. The lowest BCUT2D eigenvalue weighted by Crippen LogP contribution is -2.12. The van der Waals surface area contributed by atoms with E-state index in [9.17, 15) is 4.79 Å². The molecule has 0 amide bonds. The lowest BCUT2D eigenvalue weighted by atomic mass is 10.1. The van der Waals surface area contributed by atoms with Crippen LogP contribution in [0, 0.1) is 0 Å². The Bertz CT molecular complexity index is 856. The van der Waals surface area contributed by atoms with Crippen molar-refractivity contribution >= 4 is 10.9 Å². The second-order valence-electron chi connectivity index (χ2n) is 6.35. The van der Waals surface area contributed by atoms with Crippen LogP contribution in [0.4, 0.5) is 0 Å². The molecule has 0 aliphatic heterocycles. The van der Waals surface area contributed by atoms with Crippen molar-refractivity contribution in [3.8, 4) is 11.4 Å². The van der Waals surface area contributed by atoms with E-state index in [1.807, 2.05) is 12.1 Å². The first-order valence-electron chi connectivity index (χ1n) is 9.04. The van der Waals surface area contributed by atoms with Crippen molar-refractivity contribution in [2.45, 2.75) is 58.3 Å². The number of hydrogen-bond acceptors (Lipinski definition) is 5. The Labute approximate surface area is 146 Å². The molecule has 2 N–H and O–H groups in total. The SMILES string of the molecule is CCCCCCCCCc1nc2ccc(-c3nn[nH]n3)cc2c(=O)[nH]1. The summed E-state index contributed by atoms with van der Waals surface area (Å²) in [6.45, 7) is 2.23. The Morgan fingerprint density at radius 2 is 1.84 bits per heavy atom. The molecule has 2 heterocycles. The largest absolute Gasteiger partial charge is 0.310 e. The second kappa shape index (κ2) is 8.50. The topological polar surface area (TPSA) is 100 Å². The van der Waals surface area contributed by atoms with Crippen LogP contribution >= 0.6 is 0 Å². The summed E-state index contributed by atoms with van der Waals surface area (Å²) in [5.41, 5.74) is 1.33. The molecule has 7 nitrogen and oxygen atoms in total. The molecule has 0 saturated heterocycles. The second-order valence-corrected chi connectivity index (χ2v) is 6.35. The maximum absolute atomic E-state index is 12.4. The molecule has 0 unspecified atom stereocenters. The normalized spacial score (nSPS) is 11.2. The summed E-state index contributed by atoms with van der Waals surface area (Å²) in [4.78, 5) is 19.9. The summed E-state index contributed by atoms with van der Waals surface area (Å²) in [5, 5.41) is 14.4. The predicted molar refractivity (Wildman–Crippen MR) is 97.2 cm³/mol. The quantitative estimate of drug-likeness (QED) is 0.581. The number of aromatic amines is 2. The van der Waals surface area contributed by atoms with Gasteiger partial charge in [0.25, 0.3) is 5.56 Å². The van der Waals surface area contributed by atoms with Crippen LogP contribution < -0.4 is 5.56 Å². The molecule has 1 aromatic carbocycles. The Balaban J connectivity index is 1.64. The van der Waals surface area contributed by atoms with E-state index in [0.717, 1.165) is 24.2 Å². The van der Waals surface area contributed by atoms with Gasteiger partial charge in [0.2, 0.25) is 5.82 Å². The number of nitrogens with one attached hydrogen (secondary N) is 2. The Kier molecular flexibility index (Phi) is 5.87. The van der Waals surface area contributed by atoms with Crippen molar-refractivity contribution in [3.63, 3.8) is 0 Å². The molecule has 0 spiro atoms. The monoisotopic (exact) mass is 340 g/mol. The highest BCUT2D eigenvalue weighted by Gasteiger charge is 2.08. The average Bonchev–Trinajstić information content (AvgIpc) is 3.15. The fourth-order valence-electron chi connectivity index (χ4n) is 2.98. The number of aromatic nitrogens is 6. The van der Waals surface area contributed by atoms with E-state index >= 15 is 0 Å². The standard InChI is InChI=1S/C18H24N6O/c1-2-3-4-5-6-7-8-9-16-19-15-11-10-13(17-21-23-24-22-17)12-14(15)18(25)20-16/h10-12H,2-9H2,1H3,(H,19,20,25)(H,21,22,23,24). The molecule has 0 aliphatic rings. The molecule has 0 aliphatic carbocycles. The van der Waals surface area contributed by atoms with Crippen LogP contribution in [0.2, 0.25) is 0 Å². The third kappa shape index (κ3) is 4.49. The van der Waals surface area contributed by atoms with Gasteiger partial charge in [-0.15, -0.1) is 10.2 Å². The van der Waals surface area contributed by atoms with Gasteiger partial charge in [0.05, 0.1) is 10.9 Å². The smallest absolute Gasteiger partial charge is 0.258 e. The zero-order valence-corrected chi connectivity index (χ0v) is 14.6. The fourth-order valence-corrected chi connectivity index (χ4v) is 2.98. The summed E-state index contributed by atoms with van der Waals surface area (Å²) < 4.78 is 0. The molecule has 0 bridgehead atoms. The minimum atomic E-state index is -0.117. The number of unbranched alkanes of at least 4 members (excludes halogenated alkanes) is 6. The molecule has 7 heteroatoms. The molecule has 0 saturated carbocycles. The maximum atomic E-state index is 12.4. The first-order chi connectivity index (χ1) is 12.3. The summed E-state index contributed by atoms with van der Waals surface area (Å²) in [7, 11) is 0. The van der Waals surface area contributed by atoms with E-state index in [0.29, 0.717) is 16.7 Å². The van der Waals surface area contributed by atoms with Crippen molar-refractivity contribution in [3.05, 3.63) is 34.4 Å². The minimum Gasteiger partial charge on any atom is -0.310 e. The first kappa shape index (κ1) is 17.3. The van der Waals surface area contributed by atoms with Crippen molar-refractivity contribution in [2.75, 3.05) is 0 Å². The van der Waals surface area contributed by atoms with Gasteiger partial charge in [-0.05, 0) is 29.8 Å². The molecular weight excluding hydrogens is 316 g/mol. The maximum Gasteiger partial charge on any atom is 0.258 e. The van der Waals surface area contributed by atoms with Gasteiger partial charge in [0.1, 0.15) is 5.82 Å². The van der Waals surface area contributed by atoms with Crippen molar-refractivity contribution in [2.24, 2.45) is 0 Å². The summed E-state index contributed by atoms with van der Waals surface area (Å²) in [6.07, 6.45) is 9.53. The van der Waals surface area contributed by atoms with E-state index in [2.05, 4.69) is 37.5 Å². The number of aryl methyl sites for hydroxylation is 1. The fraction of sp³-hybridized carbons (Fsp3) is 0.500. The molecule has 0 radical (unpaired) electrons. The number of nitrogens with zero attached hydrogens (tertiary/aromatic N) is 4. The van der Waals surface area contributed by atoms with Gasteiger partial charge >= 0.3 is 0 Å². The number of rotatable bonds is 9. The lowest BCUT2D eigenvalue weighted by Gasteiger charge is -2.04. The van der Waals surface area contributed by atoms with E-state index in [1.54, 1.807) is 6.07 Å². The summed E-state index contributed by atoms with van der Waals surface area (Å²) in [6, 6.07) is 5.45. The Hall–Kier alpha value is -2.57. The zero-order valence-electron chi connectivity index (χ0n) is 14.6. The molecule has 25 heavy (non-hydrogen) atoms. The van der Waals surface area contributed by atoms with Crippen molar-refractivity contribution < 1.29 is 0 Å². The third-order valence-electron chi connectivity index (χ3n) is 4.38. The van der Waals surface area contributed by atoms with Crippen LogP contribution in [0.5, 0.6) is 0 Å². The van der Waals surface area contributed by atoms with Gasteiger partial charge in [-0.1, -0.05) is 45.4 Å². The van der Waals surface area contributed by atoms with E-state index in [4.69, 9.17) is 0 Å². The van der Waals surface area contributed by atoms with Crippen molar-refractivity contribution in [1.29, 1.82) is 0 Å². The Morgan fingerprint density at radius 1 is 1.04 bits per heavy atom. The summed E-state index contributed by atoms with van der Waals surface area (Å²) >= 11 is 0. The number of H-pyrrole nitrogens is 2. The number of fused-ring (bicyclic) bond motifs is 1. The van der Waals surface area contributed by atoms with Crippen LogP contribution in [0.15, 0.2) is 23.0 Å².